The van der Waals surface area contributed by atoms with Gasteiger partial charge in [0.1, 0.15) is 0 Å². The first-order chi connectivity index (χ1) is 18.1. The fourth-order valence-electron chi connectivity index (χ4n) is 4.65. The van der Waals surface area contributed by atoms with Crippen molar-refractivity contribution in [3.05, 3.63) is 127 Å². The summed E-state index contributed by atoms with van der Waals surface area (Å²) >= 11 is 0. The normalized spacial score (nSPS) is 13.4. The van der Waals surface area contributed by atoms with Crippen molar-refractivity contribution in [3.63, 3.8) is 0 Å². The SMILES string of the molecule is CC(C)(C)c1cccc(N2C=CN(c3cccc(C(C)(C)C)c3)[CH-]2)c1.[Au].c1ccc2c(c1)[n-]c1ccccc12. The standard InChI is InChI=1S/C23H29N2.C12H8N.Au/c1-22(2,3)18-9-7-11-20(15-18)24-13-14-25(17-24)21-12-8-10-19(16-21)23(4,5)6;1-3-7-11-9(5-1)10-6-2-4-8-12(10)13-11;/h7-17H,1-6H3;1-8H;/q2*-1;. The molecule has 0 spiro atoms. The minimum Gasteiger partial charge on any atom is -0.657 e. The van der Waals surface area contributed by atoms with Crippen molar-refractivity contribution >= 4 is 33.2 Å². The molecule has 0 saturated heterocycles. The summed E-state index contributed by atoms with van der Waals surface area (Å²) in [6.07, 6.45) is 4.23. The van der Waals surface area contributed by atoms with Gasteiger partial charge < -0.3 is 14.8 Å². The molecule has 1 radical (unpaired) electrons. The zero-order valence-electron chi connectivity index (χ0n) is 23.6. The number of aromatic nitrogens is 1. The van der Waals surface area contributed by atoms with E-state index in [9.17, 15) is 0 Å². The van der Waals surface area contributed by atoms with E-state index in [2.05, 4.69) is 160 Å². The van der Waals surface area contributed by atoms with Crippen molar-refractivity contribution in [2.45, 2.75) is 52.4 Å². The van der Waals surface area contributed by atoms with Gasteiger partial charge in [-0.2, -0.15) is 0 Å². The molecule has 4 heteroatoms. The van der Waals surface area contributed by atoms with Gasteiger partial charge in [-0.3, -0.25) is 0 Å². The van der Waals surface area contributed by atoms with Crippen LogP contribution in [0.1, 0.15) is 52.7 Å². The summed E-state index contributed by atoms with van der Waals surface area (Å²) in [5, 5.41) is 2.50. The second kappa shape index (κ2) is 11.5. The van der Waals surface area contributed by atoms with Gasteiger partial charge in [-0.1, -0.05) is 114 Å². The predicted molar refractivity (Wildman–Crippen MR) is 163 cm³/mol. The molecule has 0 amide bonds. The van der Waals surface area contributed by atoms with E-state index in [1.165, 1.54) is 33.3 Å². The Labute approximate surface area is 249 Å². The number of para-hydroxylation sites is 2. The van der Waals surface area contributed by atoms with Crippen LogP contribution in [-0.2, 0) is 33.2 Å². The number of benzene rings is 4. The molecular weight excluding hydrogens is 659 g/mol. The second-order valence-corrected chi connectivity index (χ2v) is 12.0. The summed E-state index contributed by atoms with van der Waals surface area (Å²) in [6.45, 7) is 15.6. The van der Waals surface area contributed by atoms with Crippen molar-refractivity contribution < 1.29 is 22.4 Å². The molecule has 0 atom stereocenters. The topological polar surface area (TPSA) is 20.6 Å². The number of hydrogen-bond donors (Lipinski definition) is 0. The minimum absolute atomic E-state index is 0. The molecule has 205 valence electrons. The van der Waals surface area contributed by atoms with Crippen LogP contribution >= 0.6 is 0 Å². The Kier molecular flexibility index (Phi) is 8.46. The van der Waals surface area contributed by atoms with Crippen LogP contribution in [-0.4, -0.2) is 0 Å². The van der Waals surface area contributed by atoms with Crippen LogP contribution in [0.3, 0.4) is 0 Å². The van der Waals surface area contributed by atoms with Crippen LogP contribution in [0.4, 0.5) is 11.4 Å². The van der Waals surface area contributed by atoms with E-state index in [0.29, 0.717) is 0 Å². The third kappa shape index (κ3) is 6.50. The van der Waals surface area contributed by atoms with Gasteiger partial charge in [0.2, 0.25) is 0 Å². The van der Waals surface area contributed by atoms with Crippen molar-refractivity contribution in [3.8, 4) is 0 Å². The molecular formula is C35H37AuN3-2. The van der Waals surface area contributed by atoms with Crippen molar-refractivity contribution in [2.24, 2.45) is 0 Å². The smallest absolute Gasteiger partial charge is 0.0127 e. The van der Waals surface area contributed by atoms with E-state index in [-0.39, 0.29) is 33.2 Å². The summed E-state index contributed by atoms with van der Waals surface area (Å²) in [5.41, 5.74) is 7.56. The Morgan fingerprint density at radius 1 is 0.538 bits per heavy atom. The third-order valence-corrected chi connectivity index (χ3v) is 7.00. The average Bonchev–Trinajstić information content (AvgIpc) is 3.54. The van der Waals surface area contributed by atoms with Gasteiger partial charge in [0.15, 0.2) is 0 Å². The number of fused-ring (bicyclic) bond motifs is 3. The van der Waals surface area contributed by atoms with E-state index in [4.69, 9.17) is 0 Å². The Bertz CT molecular complexity index is 1470. The van der Waals surface area contributed by atoms with Gasteiger partial charge >= 0.3 is 0 Å². The van der Waals surface area contributed by atoms with Crippen molar-refractivity contribution in [1.29, 1.82) is 0 Å². The number of hydrogen-bond acceptors (Lipinski definition) is 2. The Morgan fingerprint density at radius 2 is 0.949 bits per heavy atom. The first-order valence-electron chi connectivity index (χ1n) is 13.3. The van der Waals surface area contributed by atoms with E-state index in [1.54, 1.807) is 0 Å². The average molecular weight is 697 g/mol. The van der Waals surface area contributed by atoms with Gasteiger partial charge in [-0.05, 0) is 69.4 Å². The maximum atomic E-state index is 4.52. The summed E-state index contributed by atoms with van der Waals surface area (Å²) in [7, 11) is 0. The minimum atomic E-state index is 0. The van der Waals surface area contributed by atoms with Crippen LogP contribution in [0.25, 0.3) is 21.8 Å². The Balaban J connectivity index is 0.000000210. The summed E-state index contributed by atoms with van der Waals surface area (Å²) in [6, 6.07) is 34.0. The molecule has 2 heterocycles. The molecule has 5 aromatic rings. The molecule has 1 aliphatic heterocycles. The summed E-state index contributed by atoms with van der Waals surface area (Å²) in [4.78, 5) is 8.87. The quantitative estimate of drug-likeness (QED) is 0.136. The molecule has 0 fully saturated rings. The zero-order chi connectivity index (χ0) is 26.9. The molecule has 6 rings (SSSR count). The maximum absolute atomic E-state index is 4.52. The van der Waals surface area contributed by atoms with E-state index >= 15 is 0 Å². The first-order valence-corrected chi connectivity index (χ1v) is 13.3. The van der Waals surface area contributed by atoms with Gasteiger partial charge in [-0.25, -0.2) is 0 Å². The molecule has 4 aromatic carbocycles. The third-order valence-electron chi connectivity index (χ3n) is 7.00. The van der Waals surface area contributed by atoms with Crippen LogP contribution in [0.2, 0.25) is 0 Å². The van der Waals surface area contributed by atoms with Crippen LogP contribution in [0.5, 0.6) is 0 Å². The van der Waals surface area contributed by atoms with Gasteiger partial charge in [-0.15, -0.1) is 17.7 Å². The molecule has 0 saturated carbocycles. The van der Waals surface area contributed by atoms with E-state index < -0.39 is 0 Å². The fourth-order valence-corrected chi connectivity index (χ4v) is 4.65. The molecule has 0 unspecified atom stereocenters. The predicted octanol–water partition coefficient (Wildman–Crippen LogP) is 9.15. The summed E-state index contributed by atoms with van der Waals surface area (Å²) in [5.74, 6) is 0. The second-order valence-electron chi connectivity index (χ2n) is 12.0. The van der Waals surface area contributed by atoms with Gasteiger partial charge in [0.05, 0.1) is 0 Å². The zero-order valence-corrected chi connectivity index (χ0v) is 25.8. The molecule has 0 N–H and O–H groups in total. The monoisotopic (exact) mass is 696 g/mol. The molecule has 0 aliphatic carbocycles. The fraction of sp³-hybridized carbons (Fsp3) is 0.229. The Hall–Kier alpha value is -3.24. The van der Waals surface area contributed by atoms with Gasteiger partial charge in [0, 0.05) is 33.8 Å². The molecule has 3 nitrogen and oxygen atoms in total. The van der Waals surface area contributed by atoms with Crippen molar-refractivity contribution in [1.82, 2.24) is 4.98 Å². The number of anilines is 2. The van der Waals surface area contributed by atoms with Crippen molar-refractivity contribution in [2.75, 3.05) is 9.80 Å². The number of nitrogens with zero attached hydrogens (tertiary/aromatic N) is 3. The Morgan fingerprint density at radius 3 is 1.36 bits per heavy atom. The van der Waals surface area contributed by atoms with E-state index in [0.717, 1.165) is 11.0 Å². The number of rotatable bonds is 2. The largest absolute Gasteiger partial charge is 0.657 e. The van der Waals surface area contributed by atoms with E-state index in [1.807, 2.05) is 12.1 Å². The molecule has 39 heavy (non-hydrogen) atoms. The van der Waals surface area contributed by atoms with Crippen LogP contribution in [0.15, 0.2) is 109 Å². The van der Waals surface area contributed by atoms with Crippen LogP contribution < -0.4 is 14.8 Å². The maximum Gasteiger partial charge on any atom is 0.0127 e. The molecule has 1 aromatic heterocycles. The van der Waals surface area contributed by atoms with Gasteiger partial charge in [0.25, 0.3) is 0 Å². The first kappa shape index (κ1) is 28.8. The summed E-state index contributed by atoms with van der Waals surface area (Å²) < 4.78 is 0. The molecule has 0 bridgehead atoms. The van der Waals surface area contributed by atoms with Crippen LogP contribution in [0, 0.1) is 6.67 Å². The molecule has 1 aliphatic rings.